The Morgan fingerprint density at radius 3 is 2.35 bits per heavy atom. The quantitative estimate of drug-likeness (QED) is 0.714. The van der Waals surface area contributed by atoms with Crippen LogP contribution >= 0.6 is 0 Å². The van der Waals surface area contributed by atoms with E-state index >= 15 is 0 Å². The number of likely N-dealkylation sites (tertiary alicyclic amines) is 1. The standard InChI is InChI=1S/C11H19NO5/c1-11(2,3)17-10(16)12-6-7(13)4-5-8(12)9(14)15/h7-8,13H,4-6H2,1-3H3,(H,14,15)/t7-,8-/m0/s1. The van der Waals surface area contributed by atoms with Crippen molar-refractivity contribution in [3.8, 4) is 0 Å². The van der Waals surface area contributed by atoms with Crippen molar-refractivity contribution >= 4 is 12.1 Å². The predicted octanol–water partition coefficient (Wildman–Crippen LogP) is 0.831. The second-order valence-electron chi connectivity index (χ2n) is 5.22. The monoisotopic (exact) mass is 245 g/mol. The average molecular weight is 245 g/mol. The molecule has 1 aliphatic rings. The van der Waals surface area contributed by atoms with E-state index in [0.29, 0.717) is 6.42 Å². The number of rotatable bonds is 1. The maximum absolute atomic E-state index is 11.8. The minimum atomic E-state index is -1.07. The van der Waals surface area contributed by atoms with Gasteiger partial charge < -0.3 is 14.9 Å². The summed E-state index contributed by atoms with van der Waals surface area (Å²) in [6.07, 6.45) is -0.742. The molecular formula is C11H19NO5. The van der Waals surface area contributed by atoms with Gasteiger partial charge in [-0.3, -0.25) is 4.90 Å². The number of carboxylic acids is 1. The lowest BCUT2D eigenvalue weighted by Gasteiger charge is -2.36. The van der Waals surface area contributed by atoms with Crippen molar-refractivity contribution in [3.05, 3.63) is 0 Å². The summed E-state index contributed by atoms with van der Waals surface area (Å²) in [6.45, 7) is 5.13. The molecule has 17 heavy (non-hydrogen) atoms. The second-order valence-corrected chi connectivity index (χ2v) is 5.22. The molecule has 1 saturated heterocycles. The number of aliphatic hydroxyl groups is 1. The van der Waals surface area contributed by atoms with Gasteiger partial charge in [0.25, 0.3) is 0 Å². The highest BCUT2D eigenvalue weighted by Gasteiger charge is 2.37. The fourth-order valence-electron chi connectivity index (χ4n) is 1.73. The number of carbonyl (C=O) groups excluding carboxylic acids is 1. The third-order valence-corrected chi connectivity index (χ3v) is 2.47. The molecule has 6 heteroatoms. The second kappa shape index (κ2) is 4.91. The Morgan fingerprint density at radius 1 is 1.29 bits per heavy atom. The number of amides is 1. The summed E-state index contributed by atoms with van der Waals surface area (Å²) in [5, 5.41) is 18.5. The normalized spacial score (nSPS) is 25.5. The van der Waals surface area contributed by atoms with Gasteiger partial charge in [0, 0.05) is 0 Å². The zero-order chi connectivity index (χ0) is 13.2. The Balaban J connectivity index is 2.75. The van der Waals surface area contributed by atoms with Gasteiger partial charge in [0.2, 0.25) is 0 Å². The number of aliphatic hydroxyl groups excluding tert-OH is 1. The molecule has 1 aliphatic heterocycles. The molecule has 6 nitrogen and oxygen atoms in total. The number of nitrogens with zero attached hydrogens (tertiary/aromatic N) is 1. The van der Waals surface area contributed by atoms with Gasteiger partial charge in [0.1, 0.15) is 11.6 Å². The van der Waals surface area contributed by atoms with Gasteiger partial charge in [0.05, 0.1) is 12.6 Å². The van der Waals surface area contributed by atoms with Crippen LogP contribution in [0.1, 0.15) is 33.6 Å². The molecule has 0 bridgehead atoms. The van der Waals surface area contributed by atoms with Crippen molar-refractivity contribution in [2.75, 3.05) is 6.54 Å². The van der Waals surface area contributed by atoms with Gasteiger partial charge in [-0.25, -0.2) is 9.59 Å². The molecule has 0 aliphatic carbocycles. The Labute approximate surface area is 100 Å². The maximum Gasteiger partial charge on any atom is 0.411 e. The zero-order valence-electron chi connectivity index (χ0n) is 10.3. The lowest BCUT2D eigenvalue weighted by molar-refractivity contribution is -0.145. The van der Waals surface area contributed by atoms with E-state index in [1.807, 2.05) is 0 Å². The minimum Gasteiger partial charge on any atom is -0.480 e. The van der Waals surface area contributed by atoms with Gasteiger partial charge in [-0.1, -0.05) is 0 Å². The summed E-state index contributed by atoms with van der Waals surface area (Å²) >= 11 is 0. The SMILES string of the molecule is CC(C)(C)OC(=O)N1C[C@@H](O)CC[C@H]1C(=O)O. The first kappa shape index (κ1) is 13.8. The van der Waals surface area contributed by atoms with Gasteiger partial charge in [-0.15, -0.1) is 0 Å². The van der Waals surface area contributed by atoms with Crippen LogP contribution in [0.2, 0.25) is 0 Å². The summed E-state index contributed by atoms with van der Waals surface area (Å²) in [4.78, 5) is 23.9. The van der Waals surface area contributed by atoms with E-state index in [1.54, 1.807) is 20.8 Å². The summed E-state index contributed by atoms with van der Waals surface area (Å²) in [5.41, 5.74) is -0.678. The van der Waals surface area contributed by atoms with Gasteiger partial charge in [-0.2, -0.15) is 0 Å². The number of hydrogen-bond acceptors (Lipinski definition) is 4. The number of carboxylic acid groups (broad SMARTS) is 1. The Morgan fingerprint density at radius 2 is 1.88 bits per heavy atom. The highest BCUT2D eigenvalue weighted by atomic mass is 16.6. The van der Waals surface area contributed by atoms with E-state index in [1.165, 1.54) is 0 Å². The van der Waals surface area contributed by atoms with Crippen molar-refractivity contribution in [2.24, 2.45) is 0 Å². The lowest BCUT2D eigenvalue weighted by Crippen LogP contribution is -2.53. The number of aliphatic carboxylic acids is 1. The highest BCUT2D eigenvalue weighted by Crippen LogP contribution is 2.20. The molecule has 2 atom stereocenters. The Bertz CT molecular complexity index is 309. The zero-order valence-corrected chi connectivity index (χ0v) is 10.3. The van der Waals surface area contributed by atoms with E-state index in [-0.39, 0.29) is 13.0 Å². The molecular weight excluding hydrogens is 226 g/mol. The average Bonchev–Trinajstić information content (AvgIpc) is 2.14. The minimum absolute atomic E-state index is 0.00583. The van der Waals surface area contributed by atoms with Crippen molar-refractivity contribution < 1.29 is 24.5 Å². The molecule has 98 valence electrons. The van der Waals surface area contributed by atoms with E-state index in [9.17, 15) is 14.7 Å². The molecule has 0 saturated carbocycles. The molecule has 1 amide bonds. The fraction of sp³-hybridized carbons (Fsp3) is 0.818. The first-order valence-electron chi connectivity index (χ1n) is 5.61. The molecule has 1 heterocycles. The van der Waals surface area contributed by atoms with E-state index in [2.05, 4.69) is 0 Å². The van der Waals surface area contributed by atoms with Crippen molar-refractivity contribution in [1.29, 1.82) is 0 Å². The number of β-amino-alcohol motifs (C(OH)–C–C–N with tert-alkyl or cyclic N) is 1. The van der Waals surface area contributed by atoms with Crippen LogP contribution < -0.4 is 0 Å². The molecule has 1 fully saturated rings. The number of piperidine rings is 1. The fourth-order valence-corrected chi connectivity index (χ4v) is 1.73. The summed E-state index contributed by atoms with van der Waals surface area (Å²) < 4.78 is 5.12. The lowest BCUT2D eigenvalue weighted by atomic mass is 10.0. The van der Waals surface area contributed by atoms with Crippen LogP contribution in [0.3, 0.4) is 0 Å². The topological polar surface area (TPSA) is 87.1 Å². The summed E-state index contributed by atoms with van der Waals surface area (Å²) in [6, 6.07) is -0.909. The number of carbonyl (C=O) groups is 2. The smallest absolute Gasteiger partial charge is 0.411 e. The Kier molecular flexibility index (Phi) is 3.98. The molecule has 1 rings (SSSR count). The molecule has 2 N–H and O–H groups in total. The van der Waals surface area contributed by atoms with Gasteiger partial charge in [0.15, 0.2) is 0 Å². The predicted molar refractivity (Wildman–Crippen MR) is 59.6 cm³/mol. The van der Waals surface area contributed by atoms with Crippen molar-refractivity contribution in [2.45, 2.75) is 51.4 Å². The van der Waals surface area contributed by atoms with E-state index < -0.39 is 29.8 Å². The molecule has 0 radical (unpaired) electrons. The molecule has 0 aromatic heterocycles. The van der Waals surface area contributed by atoms with Crippen LogP contribution in [0, 0.1) is 0 Å². The Hall–Kier alpha value is -1.30. The maximum atomic E-state index is 11.8. The van der Waals surface area contributed by atoms with Gasteiger partial charge in [-0.05, 0) is 33.6 Å². The van der Waals surface area contributed by atoms with Crippen LogP contribution in [0.15, 0.2) is 0 Å². The number of ether oxygens (including phenoxy) is 1. The van der Waals surface area contributed by atoms with Gasteiger partial charge >= 0.3 is 12.1 Å². The van der Waals surface area contributed by atoms with E-state index in [0.717, 1.165) is 4.90 Å². The van der Waals surface area contributed by atoms with Crippen LogP contribution in [0.25, 0.3) is 0 Å². The third kappa shape index (κ3) is 3.89. The summed E-state index contributed by atoms with van der Waals surface area (Å²) in [5.74, 6) is -1.07. The molecule has 0 unspecified atom stereocenters. The van der Waals surface area contributed by atoms with Crippen LogP contribution in [-0.2, 0) is 9.53 Å². The van der Waals surface area contributed by atoms with Crippen molar-refractivity contribution in [3.63, 3.8) is 0 Å². The van der Waals surface area contributed by atoms with Crippen LogP contribution in [0.4, 0.5) is 4.79 Å². The number of hydrogen-bond donors (Lipinski definition) is 2. The largest absolute Gasteiger partial charge is 0.480 e. The first-order chi connectivity index (χ1) is 7.70. The molecule has 0 aromatic carbocycles. The molecule has 0 spiro atoms. The van der Waals surface area contributed by atoms with Crippen molar-refractivity contribution in [1.82, 2.24) is 4.90 Å². The van der Waals surface area contributed by atoms with Crippen LogP contribution in [-0.4, -0.2) is 51.5 Å². The highest BCUT2D eigenvalue weighted by molar-refractivity contribution is 5.80. The summed E-state index contributed by atoms with van der Waals surface area (Å²) in [7, 11) is 0. The first-order valence-corrected chi connectivity index (χ1v) is 5.61. The van der Waals surface area contributed by atoms with E-state index in [4.69, 9.17) is 9.84 Å². The molecule has 0 aromatic rings. The van der Waals surface area contributed by atoms with Crippen LogP contribution in [0.5, 0.6) is 0 Å². The third-order valence-electron chi connectivity index (χ3n) is 2.47.